The number of halogens is 1. The van der Waals surface area contributed by atoms with Crippen LogP contribution in [-0.4, -0.2) is 33.6 Å². The smallest absolute Gasteiger partial charge is 0.177 e. The molecule has 0 N–H and O–H groups in total. The van der Waals surface area contributed by atoms with Gasteiger partial charge in [-0.15, -0.1) is 0 Å². The Hall–Kier alpha value is -0.550. The van der Waals surface area contributed by atoms with Gasteiger partial charge in [-0.3, -0.25) is 0 Å². The molecule has 0 saturated carbocycles. The summed E-state index contributed by atoms with van der Waals surface area (Å²) in [7, 11) is -1.27. The summed E-state index contributed by atoms with van der Waals surface area (Å²) >= 11 is 3.33. The van der Waals surface area contributed by atoms with Crippen molar-refractivity contribution in [1.29, 1.82) is 0 Å². The number of alkyl halides is 1. The number of rotatable bonds is 4. The van der Waals surface area contributed by atoms with E-state index in [-0.39, 0.29) is 0 Å². The molecule has 0 heterocycles. The summed E-state index contributed by atoms with van der Waals surface area (Å²) in [6.07, 6.45) is 1.23. The second kappa shape index (κ2) is 4.99. The van der Waals surface area contributed by atoms with Crippen LogP contribution in [0.25, 0.3) is 0 Å². The van der Waals surface area contributed by atoms with Gasteiger partial charge in [0.25, 0.3) is 0 Å². The van der Waals surface area contributed by atoms with Gasteiger partial charge in [0.05, 0.1) is 10.6 Å². The molecule has 84 valence electrons. The number of hydrogen-bond donors (Lipinski definition) is 0. The van der Waals surface area contributed by atoms with Crippen LogP contribution in [0, 0.1) is 0 Å². The van der Waals surface area contributed by atoms with Gasteiger partial charge in [0.1, 0.15) is 0 Å². The number of hydrogen-bond acceptors (Lipinski definition) is 3. The highest BCUT2D eigenvalue weighted by Crippen LogP contribution is 2.23. The zero-order valence-corrected chi connectivity index (χ0v) is 11.2. The van der Waals surface area contributed by atoms with Crippen molar-refractivity contribution in [3.05, 3.63) is 24.3 Å². The van der Waals surface area contributed by atoms with Gasteiger partial charge in [0.2, 0.25) is 0 Å². The van der Waals surface area contributed by atoms with Crippen molar-refractivity contribution in [2.45, 2.75) is 4.90 Å². The maximum atomic E-state index is 11.5. The Morgan fingerprint density at radius 3 is 2.47 bits per heavy atom. The van der Waals surface area contributed by atoms with Crippen molar-refractivity contribution in [2.24, 2.45) is 0 Å². The first-order chi connectivity index (χ1) is 6.96. The number of sulfone groups is 1. The van der Waals surface area contributed by atoms with Crippen LogP contribution < -0.4 is 4.90 Å². The van der Waals surface area contributed by atoms with Crippen LogP contribution in [0.1, 0.15) is 0 Å². The largest absolute Gasteiger partial charge is 0.373 e. The molecule has 0 aromatic heterocycles. The SMILES string of the molecule is CN(CCBr)c1ccccc1S(C)(=O)=O. The molecule has 0 unspecified atom stereocenters. The third-order valence-corrected chi connectivity index (χ3v) is 3.59. The van der Waals surface area contributed by atoms with Gasteiger partial charge in [-0.1, -0.05) is 28.1 Å². The number of anilines is 1. The summed E-state index contributed by atoms with van der Waals surface area (Å²) in [5, 5.41) is 0.807. The van der Waals surface area contributed by atoms with Gasteiger partial charge in [0, 0.05) is 25.2 Å². The second-order valence-electron chi connectivity index (χ2n) is 3.35. The predicted molar refractivity (Wildman–Crippen MR) is 66.6 cm³/mol. The van der Waals surface area contributed by atoms with Crippen molar-refractivity contribution in [1.82, 2.24) is 0 Å². The molecular weight excluding hydrogens is 278 g/mol. The molecular formula is C10H14BrNO2S. The predicted octanol–water partition coefficient (Wildman–Crippen LogP) is 1.92. The molecule has 0 atom stereocenters. The fourth-order valence-electron chi connectivity index (χ4n) is 1.33. The van der Waals surface area contributed by atoms with Crippen molar-refractivity contribution < 1.29 is 8.42 Å². The standard InChI is InChI=1S/C10H14BrNO2S/c1-12(8-7-11)9-5-3-4-6-10(9)15(2,13)14/h3-6H,7-8H2,1-2H3. The van der Waals surface area contributed by atoms with Crippen LogP contribution in [0.2, 0.25) is 0 Å². The summed E-state index contributed by atoms with van der Waals surface area (Å²) in [6.45, 7) is 0.770. The summed E-state index contributed by atoms with van der Waals surface area (Å²) in [5.41, 5.74) is 0.749. The fraction of sp³-hybridized carbons (Fsp3) is 0.400. The Morgan fingerprint density at radius 1 is 1.33 bits per heavy atom. The highest BCUT2D eigenvalue weighted by molar-refractivity contribution is 9.09. The first-order valence-electron chi connectivity index (χ1n) is 4.53. The van der Waals surface area contributed by atoms with E-state index in [0.29, 0.717) is 4.90 Å². The van der Waals surface area contributed by atoms with Crippen LogP contribution in [0.5, 0.6) is 0 Å². The van der Waals surface area contributed by atoms with Gasteiger partial charge in [-0.05, 0) is 12.1 Å². The van der Waals surface area contributed by atoms with E-state index in [1.807, 2.05) is 24.1 Å². The van der Waals surface area contributed by atoms with Gasteiger partial charge in [-0.2, -0.15) is 0 Å². The molecule has 0 amide bonds. The molecule has 0 bridgehead atoms. The normalized spacial score (nSPS) is 11.4. The van der Waals surface area contributed by atoms with Crippen LogP contribution in [0.15, 0.2) is 29.2 Å². The Bertz CT molecular complexity index is 431. The number of benzene rings is 1. The maximum Gasteiger partial charge on any atom is 0.177 e. The van der Waals surface area contributed by atoms with E-state index in [2.05, 4.69) is 15.9 Å². The Labute approximate surface area is 99.1 Å². The van der Waals surface area contributed by atoms with Gasteiger partial charge in [-0.25, -0.2) is 8.42 Å². The zero-order chi connectivity index (χ0) is 11.5. The van der Waals surface area contributed by atoms with E-state index in [4.69, 9.17) is 0 Å². The van der Waals surface area contributed by atoms with E-state index in [1.165, 1.54) is 6.26 Å². The van der Waals surface area contributed by atoms with Gasteiger partial charge >= 0.3 is 0 Å². The summed E-state index contributed by atoms with van der Waals surface area (Å²) in [4.78, 5) is 2.30. The highest BCUT2D eigenvalue weighted by atomic mass is 79.9. The van der Waals surface area contributed by atoms with Crippen molar-refractivity contribution in [2.75, 3.05) is 30.1 Å². The number of para-hydroxylation sites is 1. The molecule has 0 radical (unpaired) electrons. The Balaban J connectivity index is 3.18. The quantitative estimate of drug-likeness (QED) is 0.796. The minimum atomic E-state index is -3.15. The summed E-state index contributed by atoms with van der Waals surface area (Å²) < 4.78 is 23.0. The van der Waals surface area contributed by atoms with Crippen LogP contribution in [0.3, 0.4) is 0 Å². The minimum absolute atomic E-state index is 0.383. The van der Waals surface area contributed by atoms with Gasteiger partial charge in [0.15, 0.2) is 9.84 Å². The van der Waals surface area contributed by atoms with Crippen molar-refractivity contribution in [3.8, 4) is 0 Å². The van der Waals surface area contributed by atoms with Gasteiger partial charge < -0.3 is 4.90 Å². The third kappa shape index (κ3) is 3.21. The fourth-order valence-corrected chi connectivity index (χ4v) is 2.79. The maximum absolute atomic E-state index is 11.5. The van der Waals surface area contributed by atoms with Crippen molar-refractivity contribution >= 4 is 31.5 Å². The molecule has 1 rings (SSSR count). The van der Waals surface area contributed by atoms with Crippen LogP contribution in [0.4, 0.5) is 5.69 Å². The highest BCUT2D eigenvalue weighted by Gasteiger charge is 2.14. The monoisotopic (exact) mass is 291 g/mol. The third-order valence-electron chi connectivity index (χ3n) is 2.10. The molecule has 1 aromatic rings. The molecule has 1 aromatic carbocycles. The molecule has 0 aliphatic rings. The van der Waals surface area contributed by atoms with E-state index in [9.17, 15) is 8.42 Å². The molecule has 0 spiro atoms. The minimum Gasteiger partial charge on any atom is -0.373 e. The lowest BCUT2D eigenvalue weighted by Gasteiger charge is -2.20. The van der Waals surface area contributed by atoms with Crippen LogP contribution in [-0.2, 0) is 9.84 Å². The average Bonchev–Trinajstić information content (AvgIpc) is 2.17. The van der Waals surface area contributed by atoms with E-state index in [1.54, 1.807) is 12.1 Å². The van der Waals surface area contributed by atoms with E-state index < -0.39 is 9.84 Å². The summed E-state index contributed by atoms with van der Waals surface area (Å²) in [6, 6.07) is 7.03. The molecule has 0 aliphatic heterocycles. The molecule has 0 aliphatic carbocycles. The molecule has 0 saturated heterocycles. The van der Waals surface area contributed by atoms with E-state index >= 15 is 0 Å². The average molecular weight is 292 g/mol. The zero-order valence-electron chi connectivity index (χ0n) is 8.77. The molecule has 0 fully saturated rings. The first-order valence-corrected chi connectivity index (χ1v) is 7.54. The second-order valence-corrected chi connectivity index (χ2v) is 6.13. The lowest BCUT2D eigenvalue weighted by atomic mass is 10.3. The lowest BCUT2D eigenvalue weighted by Crippen LogP contribution is -2.21. The van der Waals surface area contributed by atoms with Crippen molar-refractivity contribution in [3.63, 3.8) is 0 Å². The molecule has 3 nitrogen and oxygen atoms in total. The first kappa shape index (κ1) is 12.5. The lowest BCUT2D eigenvalue weighted by molar-refractivity contribution is 0.601. The van der Waals surface area contributed by atoms with Crippen LogP contribution >= 0.6 is 15.9 Å². The molecule has 15 heavy (non-hydrogen) atoms. The Kier molecular flexibility index (Phi) is 4.16. The Morgan fingerprint density at radius 2 is 1.93 bits per heavy atom. The molecule has 5 heteroatoms. The summed E-state index contributed by atoms with van der Waals surface area (Å²) in [5.74, 6) is 0. The topological polar surface area (TPSA) is 37.4 Å². The number of nitrogens with zero attached hydrogens (tertiary/aromatic N) is 1. The van der Waals surface area contributed by atoms with E-state index in [0.717, 1.165) is 17.6 Å².